The van der Waals surface area contributed by atoms with Crippen LogP contribution < -0.4 is 5.32 Å². The molecule has 0 saturated carbocycles. The van der Waals surface area contributed by atoms with Crippen molar-refractivity contribution < 1.29 is 19.1 Å². The Hall–Kier alpha value is -2.35. The molecule has 0 unspecified atom stereocenters. The standard InChI is InChI=1S/C16H24N4O4/c1-3-24-16(22)20-9-7-19(8-10-20)15(21)13-4-5-17-14(12-13)18-6-11-23-2/h4-5,12H,3,6-11H2,1-2H3,(H,17,18). The van der Waals surface area contributed by atoms with Crippen LogP contribution in [-0.4, -0.2) is 79.8 Å². The lowest BCUT2D eigenvalue weighted by Gasteiger charge is -2.34. The zero-order chi connectivity index (χ0) is 17.4. The molecule has 2 rings (SSSR count). The molecule has 1 saturated heterocycles. The van der Waals surface area contributed by atoms with Crippen LogP contribution in [0.3, 0.4) is 0 Å². The molecule has 132 valence electrons. The summed E-state index contributed by atoms with van der Waals surface area (Å²) in [4.78, 5) is 31.8. The first kappa shape index (κ1) is 18.0. The van der Waals surface area contributed by atoms with Gasteiger partial charge in [0.25, 0.3) is 5.91 Å². The fraction of sp³-hybridized carbons (Fsp3) is 0.562. The molecule has 0 aliphatic carbocycles. The van der Waals surface area contributed by atoms with Crippen molar-refractivity contribution in [2.75, 3.05) is 58.4 Å². The minimum atomic E-state index is -0.321. The van der Waals surface area contributed by atoms with Crippen LogP contribution in [-0.2, 0) is 9.47 Å². The van der Waals surface area contributed by atoms with Gasteiger partial charge in [-0.25, -0.2) is 9.78 Å². The van der Waals surface area contributed by atoms with Gasteiger partial charge in [0.2, 0.25) is 0 Å². The average molecular weight is 336 g/mol. The lowest BCUT2D eigenvalue weighted by atomic mass is 10.2. The number of hydrogen-bond acceptors (Lipinski definition) is 6. The van der Waals surface area contributed by atoms with Gasteiger partial charge in [0.15, 0.2) is 0 Å². The molecule has 1 aromatic heterocycles. The van der Waals surface area contributed by atoms with Gasteiger partial charge in [-0.05, 0) is 19.1 Å². The summed E-state index contributed by atoms with van der Waals surface area (Å²) in [5.74, 6) is 0.582. The molecule has 0 atom stereocenters. The minimum Gasteiger partial charge on any atom is -0.450 e. The van der Waals surface area contributed by atoms with Crippen molar-refractivity contribution in [3.63, 3.8) is 0 Å². The Bertz CT molecular complexity index is 559. The third-order valence-electron chi connectivity index (χ3n) is 3.71. The second-order valence-corrected chi connectivity index (χ2v) is 5.33. The number of carbonyl (C=O) groups excluding carboxylic acids is 2. The smallest absolute Gasteiger partial charge is 0.409 e. The molecule has 2 heterocycles. The molecule has 0 aromatic carbocycles. The first-order chi connectivity index (χ1) is 11.7. The van der Waals surface area contributed by atoms with Crippen molar-refractivity contribution in [3.05, 3.63) is 23.9 Å². The molecule has 8 heteroatoms. The lowest BCUT2D eigenvalue weighted by molar-refractivity contribution is 0.0570. The molecule has 1 fully saturated rings. The molecule has 1 aliphatic rings. The Kier molecular flexibility index (Phi) is 6.80. The maximum atomic E-state index is 12.6. The number of pyridine rings is 1. The monoisotopic (exact) mass is 336 g/mol. The Morgan fingerprint density at radius 3 is 2.62 bits per heavy atom. The summed E-state index contributed by atoms with van der Waals surface area (Å²) < 4.78 is 9.96. The predicted octanol–water partition coefficient (Wildman–Crippen LogP) is 1.05. The SMILES string of the molecule is CCOC(=O)N1CCN(C(=O)c2ccnc(NCCOC)c2)CC1. The fourth-order valence-electron chi connectivity index (χ4n) is 2.43. The maximum absolute atomic E-state index is 12.6. The normalized spacial score (nSPS) is 14.4. The van der Waals surface area contributed by atoms with Gasteiger partial charge in [-0.2, -0.15) is 0 Å². The molecule has 24 heavy (non-hydrogen) atoms. The highest BCUT2D eigenvalue weighted by Gasteiger charge is 2.25. The highest BCUT2D eigenvalue weighted by atomic mass is 16.6. The molecular weight excluding hydrogens is 312 g/mol. The molecule has 1 aliphatic heterocycles. The lowest BCUT2D eigenvalue weighted by Crippen LogP contribution is -2.50. The van der Waals surface area contributed by atoms with Gasteiger partial charge in [-0.15, -0.1) is 0 Å². The summed E-state index contributed by atoms with van der Waals surface area (Å²) in [7, 11) is 1.63. The van der Waals surface area contributed by atoms with Crippen molar-refractivity contribution in [2.45, 2.75) is 6.92 Å². The van der Waals surface area contributed by atoms with E-state index in [4.69, 9.17) is 9.47 Å². The van der Waals surface area contributed by atoms with E-state index in [9.17, 15) is 9.59 Å². The van der Waals surface area contributed by atoms with E-state index in [0.717, 1.165) is 0 Å². The summed E-state index contributed by atoms with van der Waals surface area (Å²) in [5.41, 5.74) is 0.578. The van der Waals surface area contributed by atoms with Gasteiger partial charge < -0.3 is 24.6 Å². The van der Waals surface area contributed by atoms with E-state index >= 15 is 0 Å². The number of nitrogens with one attached hydrogen (secondary N) is 1. The number of aromatic nitrogens is 1. The third kappa shape index (κ3) is 4.82. The molecule has 1 aromatic rings. The van der Waals surface area contributed by atoms with Crippen LogP contribution in [0.4, 0.5) is 10.6 Å². The molecule has 0 bridgehead atoms. The van der Waals surface area contributed by atoms with Gasteiger partial charge in [0, 0.05) is 51.6 Å². The minimum absolute atomic E-state index is 0.0595. The quantitative estimate of drug-likeness (QED) is 0.782. The number of carbonyl (C=O) groups is 2. The van der Waals surface area contributed by atoms with E-state index in [2.05, 4.69) is 10.3 Å². The molecular formula is C16H24N4O4. The number of amides is 2. The van der Waals surface area contributed by atoms with Crippen LogP contribution in [0, 0.1) is 0 Å². The summed E-state index contributed by atoms with van der Waals surface area (Å²) >= 11 is 0. The average Bonchev–Trinajstić information content (AvgIpc) is 2.62. The van der Waals surface area contributed by atoms with E-state index in [1.54, 1.807) is 42.2 Å². The van der Waals surface area contributed by atoms with Crippen LogP contribution in [0.15, 0.2) is 18.3 Å². The van der Waals surface area contributed by atoms with E-state index in [1.165, 1.54) is 0 Å². The number of piperazine rings is 1. The van der Waals surface area contributed by atoms with Crippen LogP contribution in [0.2, 0.25) is 0 Å². The van der Waals surface area contributed by atoms with Crippen molar-refractivity contribution in [2.24, 2.45) is 0 Å². The van der Waals surface area contributed by atoms with E-state index in [1.807, 2.05) is 0 Å². The molecule has 2 amide bonds. The third-order valence-corrected chi connectivity index (χ3v) is 3.71. The zero-order valence-corrected chi connectivity index (χ0v) is 14.2. The second-order valence-electron chi connectivity index (χ2n) is 5.33. The fourth-order valence-corrected chi connectivity index (χ4v) is 2.43. The van der Waals surface area contributed by atoms with E-state index in [0.29, 0.717) is 57.3 Å². The number of anilines is 1. The van der Waals surface area contributed by atoms with Crippen LogP contribution in [0.5, 0.6) is 0 Å². The summed E-state index contributed by atoms with van der Waals surface area (Å²) in [6.45, 7) is 5.27. The van der Waals surface area contributed by atoms with Gasteiger partial charge in [0.1, 0.15) is 5.82 Å². The summed E-state index contributed by atoms with van der Waals surface area (Å²) in [6, 6.07) is 3.43. The summed E-state index contributed by atoms with van der Waals surface area (Å²) in [5, 5.41) is 3.10. The largest absolute Gasteiger partial charge is 0.450 e. The van der Waals surface area contributed by atoms with E-state index in [-0.39, 0.29) is 12.0 Å². The van der Waals surface area contributed by atoms with Gasteiger partial charge in [0.05, 0.1) is 13.2 Å². The van der Waals surface area contributed by atoms with Crippen LogP contribution in [0.1, 0.15) is 17.3 Å². The van der Waals surface area contributed by atoms with E-state index < -0.39 is 0 Å². The van der Waals surface area contributed by atoms with Crippen LogP contribution in [0.25, 0.3) is 0 Å². The predicted molar refractivity (Wildman–Crippen MR) is 89.1 cm³/mol. The van der Waals surface area contributed by atoms with Gasteiger partial charge in [-0.3, -0.25) is 4.79 Å². The van der Waals surface area contributed by atoms with Crippen molar-refractivity contribution in [1.29, 1.82) is 0 Å². The molecule has 1 N–H and O–H groups in total. The Morgan fingerprint density at radius 2 is 1.96 bits per heavy atom. The van der Waals surface area contributed by atoms with Crippen LogP contribution >= 0.6 is 0 Å². The number of nitrogens with zero attached hydrogens (tertiary/aromatic N) is 3. The second kappa shape index (κ2) is 9.07. The van der Waals surface area contributed by atoms with Gasteiger partial charge >= 0.3 is 6.09 Å². The molecule has 0 radical (unpaired) electrons. The Labute approximate surface area is 141 Å². The molecule has 0 spiro atoms. The van der Waals surface area contributed by atoms with Crippen molar-refractivity contribution in [1.82, 2.24) is 14.8 Å². The first-order valence-electron chi connectivity index (χ1n) is 8.05. The number of rotatable bonds is 6. The molecule has 8 nitrogen and oxygen atoms in total. The number of hydrogen-bond donors (Lipinski definition) is 1. The van der Waals surface area contributed by atoms with Crippen molar-refractivity contribution in [3.8, 4) is 0 Å². The highest BCUT2D eigenvalue weighted by Crippen LogP contribution is 2.12. The maximum Gasteiger partial charge on any atom is 0.409 e. The Balaban J connectivity index is 1.90. The Morgan fingerprint density at radius 1 is 1.25 bits per heavy atom. The number of ether oxygens (including phenoxy) is 2. The summed E-state index contributed by atoms with van der Waals surface area (Å²) in [6.07, 6.45) is 1.29. The topological polar surface area (TPSA) is 84.0 Å². The highest BCUT2D eigenvalue weighted by molar-refractivity contribution is 5.95. The van der Waals surface area contributed by atoms with Gasteiger partial charge in [-0.1, -0.05) is 0 Å². The number of methoxy groups -OCH3 is 1. The first-order valence-corrected chi connectivity index (χ1v) is 8.05. The van der Waals surface area contributed by atoms with Crippen molar-refractivity contribution >= 4 is 17.8 Å². The zero-order valence-electron chi connectivity index (χ0n) is 14.2.